The summed E-state index contributed by atoms with van der Waals surface area (Å²) >= 11 is 0. The monoisotopic (exact) mass is 334 g/mol. The summed E-state index contributed by atoms with van der Waals surface area (Å²) in [5, 5.41) is 4.06. The van der Waals surface area contributed by atoms with Crippen molar-refractivity contribution in [1.29, 1.82) is 0 Å². The van der Waals surface area contributed by atoms with Crippen LogP contribution in [0.5, 0.6) is 0 Å². The molecule has 1 aliphatic heterocycles. The number of aryl methyl sites for hydroxylation is 1. The highest BCUT2D eigenvalue weighted by atomic mass is 16.5. The van der Waals surface area contributed by atoms with Crippen LogP contribution >= 0.6 is 0 Å². The maximum absolute atomic E-state index is 12.4. The molecule has 0 aliphatic carbocycles. The lowest BCUT2D eigenvalue weighted by Gasteiger charge is -2.17. The Kier molecular flexibility index (Phi) is 4.01. The summed E-state index contributed by atoms with van der Waals surface area (Å²) in [5.41, 5.74) is 3.00. The molecule has 0 radical (unpaired) electrons. The van der Waals surface area contributed by atoms with Crippen molar-refractivity contribution in [3.63, 3.8) is 0 Å². The summed E-state index contributed by atoms with van der Waals surface area (Å²) in [6.45, 7) is 3.28. The van der Waals surface area contributed by atoms with Crippen molar-refractivity contribution >= 4 is 5.91 Å². The van der Waals surface area contributed by atoms with Gasteiger partial charge in [0.15, 0.2) is 5.82 Å². The average molecular weight is 334 g/mol. The lowest BCUT2D eigenvalue weighted by atomic mass is 10.1. The normalized spacial score (nSPS) is 17.2. The first-order valence-electron chi connectivity index (χ1n) is 8.28. The van der Waals surface area contributed by atoms with E-state index in [1.807, 2.05) is 35.2 Å². The molecule has 0 unspecified atom stereocenters. The number of rotatable bonds is 4. The highest BCUT2D eigenvalue weighted by Crippen LogP contribution is 2.29. The van der Waals surface area contributed by atoms with Gasteiger partial charge in [-0.25, -0.2) is 0 Å². The van der Waals surface area contributed by atoms with Crippen molar-refractivity contribution < 1.29 is 9.32 Å². The van der Waals surface area contributed by atoms with E-state index in [2.05, 4.69) is 34.2 Å². The van der Waals surface area contributed by atoms with Crippen LogP contribution in [-0.4, -0.2) is 32.5 Å². The number of likely N-dealkylation sites (tertiary alicyclic amines) is 1. The summed E-state index contributed by atoms with van der Waals surface area (Å²) in [6.07, 6.45) is 2.09. The largest absolute Gasteiger partial charge is 0.338 e. The SMILES string of the molecule is Cc1ccccc1CN1C[C@@H](c2noc(-c3ccccn3)n2)CC1=O. The summed E-state index contributed by atoms with van der Waals surface area (Å²) in [4.78, 5) is 22.9. The topological polar surface area (TPSA) is 72.1 Å². The van der Waals surface area contributed by atoms with E-state index in [9.17, 15) is 4.79 Å². The van der Waals surface area contributed by atoms with Gasteiger partial charge in [0, 0.05) is 31.6 Å². The number of aromatic nitrogens is 3. The summed E-state index contributed by atoms with van der Waals surface area (Å²) < 4.78 is 5.32. The molecule has 6 nitrogen and oxygen atoms in total. The molecule has 126 valence electrons. The molecule has 1 saturated heterocycles. The molecular weight excluding hydrogens is 316 g/mol. The third-order valence-electron chi connectivity index (χ3n) is 4.53. The fourth-order valence-electron chi connectivity index (χ4n) is 3.09. The number of hydrogen-bond donors (Lipinski definition) is 0. The Labute approximate surface area is 145 Å². The van der Waals surface area contributed by atoms with Gasteiger partial charge in [-0.15, -0.1) is 0 Å². The molecule has 1 amide bonds. The minimum Gasteiger partial charge on any atom is -0.338 e. The molecule has 3 aromatic rings. The maximum atomic E-state index is 12.4. The smallest absolute Gasteiger partial charge is 0.276 e. The number of carbonyl (C=O) groups excluding carboxylic acids is 1. The molecule has 1 atom stereocenters. The Bertz CT molecular complexity index is 891. The van der Waals surface area contributed by atoms with Crippen LogP contribution < -0.4 is 0 Å². The Morgan fingerprint density at radius 2 is 2.04 bits per heavy atom. The lowest BCUT2D eigenvalue weighted by molar-refractivity contribution is -0.128. The van der Waals surface area contributed by atoms with Crippen LogP contribution in [-0.2, 0) is 11.3 Å². The molecule has 0 spiro atoms. The summed E-state index contributed by atoms with van der Waals surface area (Å²) in [5.74, 6) is 1.04. The molecule has 25 heavy (non-hydrogen) atoms. The lowest BCUT2D eigenvalue weighted by Crippen LogP contribution is -2.24. The van der Waals surface area contributed by atoms with E-state index in [0.717, 1.165) is 0 Å². The van der Waals surface area contributed by atoms with Gasteiger partial charge in [-0.2, -0.15) is 4.98 Å². The van der Waals surface area contributed by atoms with Crippen molar-refractivity contribution in [1.82, 2.24) is 20.0 Å². The van der Waals surface area contributed by atoms with E-state index in [1.54, 1.807) is 6.20 Å². The zero-order valence-corrected chi connectivity index (χ0v) is 13.9. The van der Waals surface area contributed by atoms with Crippen molar-refractivity contribution in [2.45, 2.75) is 25.8 Å². The van der Waals surface area contributed by atoms with Gasteiger partial charge in [-0.1, -0.05) is 35.5 Å². The van der Waals surface area contributed by atoms with Crippen molar-refractivity contribution in [2.75, 3.05) is 6.54 Å². The van der Waals surface area contributed by atoms with Crippen molar-refractivity contribution in [3.8, 4) is 11.6 Å². The van der Waals surface area contributed by atoms with E-state index in [0.29, 0.717) is 36.9 Å². The zero-order valence-electron chi connectivity index (χ0n) is 13.9. The van der Waals surface area contributed by atoms with Crippen LogP contribution in [0.3, 0.4) is 0 Å². The van der Waals surface area contributed by atoms with Gasteiger partial charge >= 0.3 is 0 Å². The van der Waals surface area contributed by atoms with Crippen LogP contribution in [0.1, 0.15) is 29.3 Å². The fourth-order valence-corrected chi connectivity index (χ4v) is 3.09. The summed E-state index contributed by atoms with van der Waals surface area (Å²) in [6, 6.07) is 13.6. The molecule has 1 aliphatic rings. The van der Waals surface area contributed by atoms with Gasteiger partial charge in [-0.05, 0) is 30.2 Å². The van der Waals surface area contributed by atoms with E-state index >= 15 is 0 Å². The molecular formula is C19H18N4O2. The quantitative estimate of drug-likeness (QED) is 0.733. The second-order valence-electron chi connectivity index (χ2n) is 6.27. The number of hydrogen-bond acceptors (Lipinski definition) is 5. The second kappa shape index (κ2) is 6.47. The summed E-state index contributed by atoms with van der Waals surface area (Å²) in [7, 11) is 0. The van der Waals surface area contributed by atoms with Gasteiger partial charge < -0.3 is 9.42 Å². The van der Waals surface area contributed by atoms with Crippen LogP contribution in [0.2, 0.25) is 0 Å². The van der Waals surface area contributed by atoms with E-state index in [1.165, 1.54) is 11.1 Å². The first-order valence-corrected chi connectivity index (χ1v) is 8.28. The molecule has 2 aromatic heterocycles. The number of pyridine rings is 1. The third kappa shape index (κ3) is 3.15. The van der Waals surface area contributed by atoms with Crippen molar-refractivity contribution in [2.24, 2.45) is 0 Å². The van der Waals surface area contributed by atoms with Crippen LogP contribution in [0.15, 0.2) is 53.2 Å². The highest BCUT2D eigenvalue weighted by Gasteiger charge is 2.34. The minimum absolute atomic E-state index is 0.0438. The molecule has 1 fully saturated rings. The second-order valence-corrected chi connectivity index (χ2v) is 6.27. The van der Waals surface area contributed by atoms with Gasteiger partial charge in [0.2, 0.25) is 5.91 Å². The maximum Gasteiger partial charge on any atom is 0.276 e. The molecule has 3 heterocycles. The predicted octanol–water partition coefficient (Wildman–Crippen LogP) is 2.96. The minimum atomic E-state index is -0.0438. The van der Waals surface area contributed by atoms with Crippen LogP contribution in [0, 0.1) is 6.92 Å². The van der Waals surface area contributed by atoms with Crippen molar-refractivity contribution in [3.05, 3.63) is 65.6 Å². The Morgan fingerprint density at radius 1 is 1.20 bits per heavy atom. The molecule has 0 saturated carbocycles. The van der Waals surface area contributed by atoms with Gasteiger partial charge in [-0.3, -0.25) is 9.78 Å². The molecule has 1 aromatic carbocycles. The molecule has 4 rings (SSSR count). The van der Waals surface area contributed by atoms with Gasteiger partial charge in [0.05, 0.1) is 0 Å². The van der Waals surface area contributed by atoms with E-state index < -0.39 is 0 Å². The zero-order chi connectivity index (χ0) is 17.2. The number of amides is 1. The van der Waals surface area contributed by atoms with Gasteiger partial charge in [0.1, 0.15) is 5.69 Å². The van der Waals surface area contributed by atoms with E-state index in [4.69, 9.17) is 4.52 Å². The number of carbonyl (C=O) groups is 1. The average Bonchev–Trinajstić information content (AvgIpc) is 3.25. The first kappa shape index (κ1) is 15.5. The number of nitrogens with zero attached hydrogens (tertiary/aromatic N) is 4. The molecule has 0 N–H and O–H groups in total. The predicted molar refractivity (Wildman–Crippen MR) is 91.5 cm³/mol. The molecule has 0 bridgehead atoms. The number of benzene rings is 1. The van der Waals surface area contributed by atoms with Gasteiger partial charge in [0.25, 0.3) is 5.89 Å². The Balaban J connectivity index is 1.49. The fraction of sp³-hybridized carbons (Fsp3) is 0.263. The first-order chi connectivity index (χ1) is 12.2. The van der Waals surface area contributed by atoms with Crippen LogP contribution in [0.4, 0.5) is 0 Å². The highest BCUT2D eigenvalue weighted by molar-refractivity contribution is 5.79. The standard InChI is InChI=1S/C19H18N4O2/c1-13-6-2-3-7-14(13)11-23-12-15(10-17(23)24)18-21-19(25-22-18)16-8-4-5-9-20-16/h2-9,15H,10-12H2,1H3/t15-/m0/s1. The Hall–Kier alpha value is -3.02. The van der Waals surface area contributed by atoms with Crippen LogP contribution in [0.25, 0.3) is 11.6 Å². The Morgan fingerprint density at radius 3 is 2.84 bits per heavy atom. The third-order valence-corrected chi connectivity index (χ3v) is 4.53. The molecule has 6 heteroatoms. The van der Waals surface area contributed by atoms with E-state index in [-0.39, 0.29) is 11.8 Å².